The summed E-state index contributed by atoms with van der Waals surface area (Å²) in [5.41, 5.74) is 3.64. The highest BCUT2D eigenvalue weighted by molar-refractivity contribution is 7.48. The Morgan fingerprint density at radius 1 is 0.900 bits per heavy atom. The van der Waals surface area contributed by atoms with Crippen LogP contribution in [0.15, 0.2) is 60.7 Å². The summed E-state index contributed by atoms with van der Waals surface area (Å²) < 4.78 is 28.9. The zero-order chi connectivity index (χ0) is 22.3. The zero-order valence-corrected chi connectivity index (χ0v) is 20.7. The molecule has 0 heterocycles. The summed E-state index contributed by atoms with van der Waals surface area (Å²) in [6.07, 6.45) is -0.601. The summed E-state index contributed by atoms with van der Waals surface area (Å²) in [7, 11) is -6.17. The molecule has 0 aliphatic heterocycles. The number of hydrogen-bond donors (Lipinski definition) is 0. The van der Waals surface area contributed by atoms with Crippen molar-refractivity contribution in [1.82, 2.24) is 0 Å². The summed E-state index contributed by atoms with van der Waals surface area (Å²) in [4.78, 5) is 0. The van der Waals surface area contributed by atoms with Crippen molar-refractivity contribution in [3.63, 3.8) is 0 Å². The standard InChI is InChI=1S/C24H33O4PSi/c1-7-26-29(25,27-8-2)28-21(3)19-20-30(24(4,5)6,22-15-11-9-12-16-22)23-17-13-10-14-18-23/h9-18,21H,7-8H2,1-6H3. The van der Waals surface area contributed by atoms with E-state index >= 15 is 0 Å². The molecule has 0 spiro atoms. The van der Waals surface area contributed by atoms with Crippen molar-refractivity contribution in [2.45, 2.75) is 52.7 Å². The molecule has 2 aromatic rings. The fourth-order valence-electron chi connectivity index (χ4n) is 3.59. The van der Waals surface area contributed by atoms with E-state index in [1.807, 2.05) is 12.1 Å². The Morgan fingerprint density at radius 3 is 1.70 bits per heavy atom. The zero-order valence-electron chi connectivity index (χ0n) is 18.8. The molecule has 2 aromatic carbocycles. The Morgan fingerprint density at radius 2 is 1.33 bits per heavy atom. The molecule has 162 valence electrons. The average Bonchev–Trinajstić information content (AvgIpc) is 2.69. The molecule has 4 nitrogen and oxygen atoms in total. The third-order valence-electron chi connectivity index (χ3n) is 4.86. The van der Waals surface area contributed by atoms with Crippen LogP contribution in [-0.4, -0.2) is 27.4 Å². The van der Waals surface area contributed by atoms with E-state index in [0.29, 0.717) is 0 Å². The molecule has 30 heavy (non-hydrogen) atoms. The highest BCUT2D eigenvalue weighted by Crippen LogP contribution is 2.50. The van der Waals surface area contributed by atoms with Gasteiger partial charge in [0.15, 0.2) is 0 Å². The molecule has 1 atom stereocenters. The van der Waals surface area contributed by atoms with Gasteiger partial charge in [-0.2, -0.15) is 0 Å². The van der Waals surface area contributed by atoms with Crippen LogP contribution in [0.1, 0.15) is 41.5 Å². The van der Waals surface area contributed by atoms with Crippen LogP contribution >= 0.6 is 7.82 Å². The molecule has 0 bridgehead atoms. The highest BCUT2D eigenvalue weighted by Gasteiger charge is 2.47. The summed E-state index contributed by atoms with van der Waals surface area (Å²) in [6, 6.07) is 20.9. The maximum absolute atomic E-state index is 12.8. The third-order valence-corrected chi connectivity index (χ3v) is 11.8. The van der Waals surface area contributed by atoms with Gasteiger partial charge < -0.3 is 0 Å². The summed E-state index contributed by atoms with van der Waals surface area (Å²) in [5.74, 6) is 3.26. The molecule has 2 rings (SSSR count). The average molecular weight is 445 g/mol. The minimum atomic E-state index is -3.63. The SMILES string of the molecule is CCOP(=O)(OCC)OC(C)C#C[Si](c1ccccc1)(c1ccccc1)C(C)(C)C. The Labute approximate surface area is 182 Å². The molecular weight excluding hydrogens is 411 g/mol. The molecule has 0 N–H and O–H groups in total. The fourth-order valence-corrected chi connectivity index (χ4v) is 9.39. The number of phosphoric acid groups is 1. The predicted molar refractivity (Wildman–Crippen MR) is 127 cm³/mol. The van der Waals surface area contributed by atoms with Gasteiger partial charge in [-0.1, -0.05) is 87.4 Å². The lowest BCUT2D eigenvalue weighted by Gasteiger charge is -2.39. The molecule has 0 saturated carbocycles. The molecule has 0 amide bonds. The lowest BCUT2D eigenvalue weighted by atomic mass is 10.2. The predicted octanol–water partition coefficient (Wildman–Crippen LogP) is 5.18. The largest absolute Gasteiger partial charge is 0.475 e. The fraction of sp³-hybridized carbons (Fsp3) is 0.417. The minimum absolute atomic E-state index is 0.0913. The summed E-state index contributed by atoms with van der Waals surface area (Å²) in [5, 5.41) is 2.38. The van der Waals surface area contributed by atoms with Crippen LogP contribution in [0.2, 0.25) is 5.04 Å². The van der Waals surface area contributed by atoms with Crippen molar-refractivity contribution in [3.8, 4) is 11.5 Å². The highest BCUT2D eigenvalue weighted by atomic mass is 31.2. The molecule has 0 saturated heterocycles. The topological polar surface area (TPSA) is 44.8 Å². The monoisotopic (exact) mass is 444 g/mol. The lowest BCUT2D eigenvalue weighted by molar-refractivity contribution is 0.109. The molecule has 0 fully saturated rings. The van der Waals surface area contributed by atoms with Gasteiger partial charge in [0.05, 0.1) is 13.2 Å². The number of rotatable bonds is 8. The van der Waals surface area contributed by atoms with E-state index in [1.165, 1.54) is 10.4 Å². The molecular formula is C24H33O4PSi. The van der Waals surface area contributed by atoms with E-state index in [4.69, 9.17) is 13.6 Å². The van der Waals surface area contributed by atoms with Crippen LogP contribution in [0, 0.1) is 11.5 Å². The van der Waals surface area contributed by atoms with Crippen molar-refractivity contribution in [1.29, 1.82) is 0 Å². The van der Waals surface area contributed by atoms with E-state index in [9.17, 15) is 4.57 Å². The number of hydrogen-bond acceptors (Lipinski definition) is 4. The van der Waals surface area contributed by atoms with Gasteiger partial charge in [-0.15, -0.1) is 5.54 Å². The normalized spacial score (nSPS) is 13.4. The van der Waals surface area contributed by atoms with Crippen molar-refractivity contribution >= 4 is 26.3 Å². The maximum atomic E-state index is 12.8. The van der Waals surface area contributed by atoms with Gasteiger partial charge in [-0.05, 0) is 36.2 Å². The van der Waals surface area contributed by atoms with Gasteiger partial charge in [0.1, 0.15) is 6.10 Å². The van der Waals surface area contributed by atoms with Gasteiger partial charge in [-0.3, -0.25) is 13.6 Å². The van der Waals surface area contributed by atoms with Crippen molar-refractivity contribution in [3.05, 3.63) is 60.7 Å². The molecule has 6 heteroatoms. The van der Waals surface area contributed by atoms with Gasteiger partial charge in [0, 0.05) is 0 Å². The first-order valence-electron chi connectivity index (χ1n) is 10.4. The number of phosphoric ester groups is 1. The first kappa shape index (κ1) is 24.6. The van der Waals surface area contributed by atoms with Crippen LogP contribution in [0.4, 0.5) is 0 Å². The van der Waals surface area contributed by atoms with E-state index < -0.39 is 22.0 Å². The Bertz CT molecular complexity index is 848. The maximum Gasteiger partial charge on any atom is 0.475 e. The van der Waals surface area contributed by atoms with Crippen molar-refractivity contribution in [2.24, 2.45) is 0 Å². The smallest absolute Gasteiger partial charge is 0.287 e. The molecule has 1 unspecified atom stereocenters. The van der Waals surface area contributed by atoms with Crippen LogP contribution < -0.4 is 10.4 Å². The molecule has 0 aromatic heterocycles. The molecule has 0 radical (unpaired) electrons. The van der Waals surface area contributed by atoms with Gasteiger partial charge >= 0.3 is 7.82 Å². The first-order chi connectivity index (χ1) is 14.2. The summed E-state index contributed by atoms with van der Waals surface area (Å²) >= 11 is 0. The lowest BCUT2D eigenvalue weighted by Crippen LogP contribution is -2.63. The third kappa shape index (κ3) is 5.72. The van der Waals surface area contributed by atoms with Crippen LogP contribution in [0.5, 0.6) is 0 Å². The first-order valence-corrected chi connectivity index (χ1v) is 13.9. The second kappa shape index (κ2) is 10.6. The van der Waals surface area contributed by atoms with E-state index in [0.717, 1.165) is 0 Å². The molecule has 0 aliphatic rings. The Kier molecular flexibility index (Phi) is 8.67. The number of benzene rings is 2. The van der Waals surface area contributed by atoms with Crippen LogP contribution in [-0.2, 0) is 18.1 Å². The van der Waals surface area contributed by atoms with Crippen molar-refractivity contribution in [2.75, 3.05) is 13.2 Å². The van der Waals surface area contributed by atoms with Gasteiger partial charge in [0.25, 0.3) is 0 Å². The van der Waals surface area contributed by atoms with E-state index in [2.05, 4.69) is 80.8 Å². The van der Waals surface area contributed by atoms with Crippen molar-refractivity contribution < 1.29 is 18.1 Å². The minimum Gasteiger partial charge on any atom is -0.287 e. The molecule has 0 aliphatic carbocycles. The van der Waals surface area contributed by atoms with Crippen LogP contribution in [0.25, 0.3) is 0 Å². The second-order valence-corrected chi connectivity index (χ2v) is 14.1. The van der Waals surface area contributed by atoms with Gasteiger partial charge in [-0.25, -0.2) is 4.57 Å². The Hall–Kier alpha value is -1.67. The second-order valence-electron chi connectivity index (χ2n) is 8.03. The van der Waals surface area contributed by atoms with E-state index in [-0.39, 0.29) is 18.3 Å². The van der Waals surface area contributed by atoms with Crippen LogP contribution in [0.3, 0.4) is 0 Å². The van der Waals surface area contributed by atoms with Gasteiger partial charge in [0.2, 0.25) is 8.07 Å². The Balaban J connectivity index is 2.56. The van der Waals surface area contributed by atoms with E-state index in [1.54, 1.807) is 20.8 Å². The quantitative estimate of drug-likeness (QED) is 0.320. The summed E-state index contributed by atoms with van der Waals surface area (Å²) in [6.45, 7) is 12.5.